The minimum Gasteiger partial charge on any atom is -0.380 e. The van der Waals surface area contributed by atoms with Gasteiger partial charge in [0.1, 0.15) is 0 Å². The summed E-state index contributed by atoms with van der Waals surface area (Å²) in [7, 11) is -1.81. The van der Waals surface area contributed by atoms with Gasteiger partial charge in [-0.15, -0.1) is 0 Å². The van der Waals surface area contributed by atoms with Crippen LogP contribution in [0.5, 0.6) is 0 Å². The molecule has 132 valence electrons. The van der Waals surface area contributed by atoms with Crippen LogP contribution in [0.4, 0.5) is 11.4 Å². The van der Waals surface area contributed by atoms with E-state index in [1.165, 1.54) is 5.41 Å². The van der Waals surface area contributed by atoms with Crippen LogP contribution < -0.4 is 9.62 Å². The summed E-state index contributed by atoms with van der Waals surface area (Å²) in [6, 6.07) is 16.7. The Bertz CT molecular complexity index is 818. The van der Waals surface area contributed by atoms with E-state index in [1.807, 2.05) is 42.5 Å². The summed E-state index contributed by atoms with van der Waals surface area (Å²) in [5, 5.41) is 1.18. The number of benzene rings is 2. The molecule has 0 saturated carbocycles. The van der Waals surface area contributed by atoms with Gasteiger partial charge in [-0.05, 0) is 42.3 Å². The first-order chi connectivity index (χ1) is 12.1. The van der Waals surface area contributed by atoms with Gasteiger partial charge in [0.2, 0.25) is 0 Å². The van der Waals surface area contributed by atoms with Crippen molar-refractivity contribution in [3.05, 3.63) is 65.6 Å². The predicted octanol–water partition coefficient (Wildman–Crippen LogP) is 3.32. The molecule has 0 bridgehead atoms. The van der Waals surface area contributed by atoms with Gasteiger partial charge in [0.25, 0.3) is 10.0 Å². The van der Waals surface area contributed by atoms with Crippen LogP contribution in [0.3, 0.4) is 0 Å². The fourth-order valence-electron chi connectivity index (χ4n) is 2.83. The number of ether oxygens (including phenoxy) is 1. The van der Waals surface area contributed by atoms with Crippen LogP contribution in [0, 0.1) is 0 Å². The van der Waals surface area contributed by atoms with Gasteiger partial charge >= 0.3 is 0 Å². The van der Waals surface area contributed by atoms with Crippen molar-refractivity contribution < 1.29 is 13.2 Å². The lowest BCUT2D eigenvalue weighted by molar-refractivity contribution is 0.121. The topological polar surface area (TPSA) is 58.6 Å². The Morgan fingerprint density at radius 3 is 2.48 bits per heavy atom. The molecule has 0 radical (unpaired) electrons. The van der Waals surface area contributed by atoms with Crippen LogP contribution in [0.25, 0.3) is 6.08 Å². The van der Waals surface area contributed by atoms with Crippen molar-refractivity contribution in [2.24, 2.45) is 0 Å². The Kier molecular flexibility index (Phi) is 5.40. The number of methoxy groups -OCH3 is 1. The number of hydrogen-bond donors (Lipinski definition) is 1. The fraction of sp³-hybridized carbons (Fsp3) is 0.263. The van der Waals surface area contributed by atoms with Gasteiger partial charge in [0, 0.05) is 31.6 Å². The minimum atomic E-state index is -3.54. The first-order valence-corrected chi connectivity index (χ1v) is 9.74. The standard InChI is InChI=1S/C19H22N2O3S/c1-24-19-11-13-21(15-19)18-9-7-17(8-10-18)20-25(22,23)14-12-16-5-3-2-4-6-16/h2-10,12,14,19-20H,11,13,15H2,1H3/b14-12+/t19-/m1/s1. The molecular weight excluding hydrogens is 336 g/mol. The second kappa shape index (κ2) is 7.72. The SMILES string of the molecule is CO[C@@H]1CCN(c2ccc(NS(=O)(=O)/C=C/c3ccccc3)cc2)C1. The zero-order valence-corrected chi connectivity index (χ0v) is 14.9. The van der Waals surface area contributed by atoms with Crippen LogP contribution in [0.15, 0.2) is 60.0 Å². The molecule has 1 N–H and O–H groups in total. The van der Waals surface area contributed by atoms with Gasteiger partial charge in [0.05, 0.1) is 11.5 Å². The summed E-state index contributed by atoms with van der Waals surface area (Å²) in [5.74, 6) is 0. The first-order valence-electron chi connectivity index (χ1n) is 8.19. The monoisotopic (exact) mass is 358 g/mol. The Hall–Kier alpha value is -2.31. The summed E-state index contributed by atoms with van der Waals surface area (Å²) >= 11 is 0. The van der Waals surface area contributed by atoms with Crippen LogP contribution in [0.2, 0.25) is 0 Å². The van der Waals surface area contributed by atoms with Crippen molar-refractivity contribution in [3.63, 3.8) is 0 Å². The number of nitrogens with one attached hydrogen (secondary N) is 1. The molecule has 0 amide bonds. The molecule has 1 saturated heterocycles. The maximum absolute atomic E-state index is 12.2. The van der Waals surface area contributed by atoms with E-state index in [-0.39, 0.29) is 6.10 Å². The lowest BCUT2D eigenvalue weighted by Crippen LogP contribution is -2.22. The molecule has 0 aliphatic carbocycles. The number of nitrogens with zero attached hydrogens (tertiary/aromatic N) is 1. The maximum atomic E-state index is 12.2. The summed E-state index contributed by atoms with van der Waals surface area (Å²) < 4.78 is 32.3. The summed E-state index contributed by atoms with van der Waals surface area (Å²) in [6.45, 7) is 1.81. The van der Waals surface area contributed by atoms with Crippen LogP contribution in [-0.4, -0.2) is 34.7 Å². The highest BCUT2D eigenvalue weighted by Gasteiger charge is 2.22. The Morgan fingerprint density at radius 1 is 1.12 bits per heavy atom. The number of rotatable bonds is 6. The molecule has 1 atom stereocenters. The number of anilines is 2. The van der Waals surface area contributed by atoms with Gasteiger partial charge in [0.15, 0.2) is 0 Å². The molecular formula is C19H22N2O3S. The molecule has 5 nitrogen and oxygen atoms in total. The molecule has 0 unspecified atom stereocenters. The van der Waals surface area contributed by atoms with Gasteiger partial charge < -0.3 is 9.64 Å². The second-order valence-electron chi connectivity index (χ2n) is 6.00. The van der Waals surface area contributed by atoms with E-state index < -0.39 is 10.0 Å². The zero-order chi connectivity index (χ0) is 17.7. The van der Waals surface area contributed by atoms with Crippen molar-refractivity contribution in [2.75, 3.05) is 29.8 Å². The highest BCUT2D eigenvalue weighted by Crippen LogP contribution is 2.23. The van der Waals surface area contributed by atoms with Crippen LogP contribution in [0.1, 0.15) is 12.0 Å². The van der Waals surface area contributed by atoms with E-state index in [9.17, 15) is 8.42 Å². The van der Waals surface area contributed by atoms with E-state index in [2.05, 4.69) is 9.62 Å². The lowest BCUT2D eigenvalue weighted by atomic mass is 10.2. The summed E-state index contributed by atoms with van der Waals surface area (Å²) in [6.07, 6.45) is 2.85. The third kappa shape index (κ3) is 4.84. The molecule has 6 heteroatoms. The maximum Gasteiger partial charge on any atom is 0.255 e. The minimum absolute atomic E-state index is 0.265. The van der Waals surface area contributed by atoms with E-state index in [0.29, 0.717) is 5.69 Å². The molecule has 1 aliphatic rings. The average molecular weight is 358 g/mol. The van der Waals surface area contributed by atoms with Crippen molar-refractivity contribution in [1.29, 1.82) is 0 Å². The van der Waals surface area contributed by atoms with Crippen molar-refractivity contribution in [2.45, 2.75) is 12.5 Å². The van der Waals surface area contributed by atoms with Crippen molar-refractivity contribution in [1.82, 2.24) is 0 Å². The summed E-state index contributed by atoms with van der Waals surface area (Å²) in [5.41, 5.74) is 2.45. The lowest BCUT2D eigenvalue weighted by Gasteiger charge is -2.18. The van der Waals surface area contributed by atoms with E-state index >= 15 is 0 Å². The number of sulfonamides is 1. The van der Waals surface area contributed by atoms with Gasteiger partial charge in [-0.3, -0.25) is 4.72 Å². The number of hydrogen-bond acceptors (Lipinski definition) is 4. The molecule has 1 heterocycles. The van der Waals surface area contributed by atoms with E-state index in [1.54, 1.807) is 25.3 Å². The highest BCUT2D eigenvalue weighted by molar-refractivity contribution is 7.95. The molecule has 2 aromatic carbocycles. The van der Waals surface area contributed by atoms with E-state index in [0.717, 1.165) is 30.8 Å². The Morgan fingerprint density at radius 2 is 1.84 bits per heavy atom. The van der Waals surface area contributed by atoms with Gasteiger partial charge in [-0.2, -0.15) is 0 Å². The largest absolute Gasteiger partial charge is 0.380 e. The summed E-state index contributed by atoms with van der Waals surface area (Å²) in [4.78, 5) is 2.24. The van der Waals surface area contributed by atoms with Crippen LogP contribution in [-0.2, 0) is 14.8 Å². The highest BCUT2D eigenvalue weighted by atomic mass is 32.2. The van der Waals surface area contributed by atoms with Gasteiger partial charge in [-0.25, -0.2) is 8.42 Å². The molecule has 0 aromatic heterocycles. The Labute approximate surface area is 149 Å². The third-order valence-corrected chi connectivity index (χ3v) is 5.22. The molecule has 2 aromatic rings. The second-order valence-corrected chi connectivity index (χ2v) is 7.57. The van der Waals surface area contributed by atoms with Crippen molar-refractivity contribution >= 4 is 27.5 Å². The smallest absolute Gasteiger partial charge is 0.255 e. The fourth-order valence-corrected chi connectivity index (χ4v) is 3.69. The molecule has 0 spiro atoms. The molecule has 1 fully saturated rings. The first kappa shape index (κ1) is 17.5. The van der Waals surface area contributed by atoms with Crippen molar-refractivity contribution in [3.8, 4) is 0 Å². The predicted molar refractivity (Wildman–Crippen MR) is 102 cm³/mol. The van der Waals surface area contributed by atoms with Crippen LogP contribution >= 0.6 is 0 Å². The van der Waals surface area contributed by atoms with Gasteiger partial charge in [-0.1, -0.05) is 30.3 Å². The molecule has 25 heavy (non-hydrogen) atoms. The quantitative estimate of drug-likeness (QED) is 0.861. The molecule has 1 aliphatic heterocycles. The Balaban J connectivity index is 1.63. The zero-order valence-electron chi connectivity index (χ0n) is 14.1. The average Bonchev–Trinajstić information content (AvgIpc) is 3.11. The molecule has 3 rings (SSSR count). The third-order valence-electron chi connectivity index (χ3n) is 4.21. The normalized spacial score (nSPS) is 18.0. The van der Waals surface area contributed by atoms with E-state index in [4.69, 9.17) is 4.74 Å².